The molecule has 26 heavy (non-hydrogen) atoms. The molecule has 0 fully saturated rings. The molecule has 1 aromatic heterocycles. The largest absolute Gasteiger partial charge is 0.488 e. The molecular weight excluding hydrogens is 363 g/mol. The monoisotopic (exact) mass is 380 g/mol. The molecule has 138 valence electrons. The number of aliphatic hydroxyl groups is 2. The summed E-state index contributed by atoms with van der Waals surface area (Å²) in [4.78, 5) is 15.0. The Kier molecular flexibility index (Phi) is 4.64. The highest BCUT2D eigenvalue weighted by Crippen LogP contribution is 2.44. The number of amides is 1. The van der Waals surface area contributed by atoms with Gasteiger partial charge >= 0.3 is 0 Å². The number of carbonyl (C=O) groups is 1. The second kappa shape index (κ2) is 6.50. The molecule has 1 aliphatic rings. The van der Waals surface area contributed by atoms with Crippen LogP contribution in [0.25, 0.3) is 11.3 Å². The van der Waals surface area contributed by atoms with Crippen molar-refractivity contribution < 1.29 is 24.1 Å². The average molecular weight is 381 g/mol. The number of ether oxygens (including phenoxy) is 1. The Hall–Kier alpha value is -2.22. The van der Waals surface area contributed by atoms with E-state index in [0.29, 0.717) is 29.0 Å². The molecule has 2 atom stereocenters. The SMILES string of the molecule is CC(O)(CNC=O)c1cc2c(c(-c3ccc(F)c(Cl)c3)n1)OCC2(C)O. The maximum absolute atomic E-state index is 13.5. The van der Waals surface area contributed by atoms with Gasteiger partial charge in [-0.1, -0.05) is 11.6 Å². The highest BCUT2D eigenvalue weighted by atomic mass is 35.5. The molecule has 0 radical (unpaired) electrons. The maximum Gasteiger partial charge on any atom is 0.207 e. The molecule has 2 unspecified atom stereocenters. The third-order valence-corrected chi connectivity index (χ3v) is 4.61. The van der Waals surface area contributed by atoms with Gasteiger partial charge in [0.1, 0.15) is 29.3 Å². The van der Waals surface area contributed by atoms with Crippen molar-refractivity contribution in [3.05, 3.63) is 46.4 Å². The van der Waals surface area contributed by atoms with Crippen molar-refractivity contribution in [3.63, 3.8) is 0 Å². The van der Waals surface area contributed by atoms with Crippen LogP contribution in [0.2, 0.25) is 5.02 Å². The highest BCUT2D eigenvalue weighted by Gasteiger charge is 2.39. The molecule has 3 rings (SSSR count). The van der Waals surface area contributed by atoms with E-state index in [0.717, 1.165) is 0 Å². The van der Waals surface area contributed by atoms with Crippen LogP contribution in [0, 0.1) is 5.82 Å². The van der Waals surface area contributed by atoms with E-state index in [-0.39, 0.29) is 23.9 Å². The van der Waals surface area contributed by atoms with Crippen LogP contribution in [0.3, 0.4) is 0 Å². The Morgan fingerprint density at radius 3 is 2.88 bits per heavy atom. The topological polar surface area (TPSA) is 91.7 Å². The number of halogens is 2. The molecule has 1 aromatic carbocycles. The number of aromatic nitrogens is 1. The number of nitrogens with zero attached hydrogens (tertiary/aromatic N) is 1. The summed E-state index contributed by atoms with van der Waals surface area (Å²) < 4.78 is 19.1. The molecule has 0 aliphatic carbocycles. The van der Waals surface area contributed by atoms with Gasteiger partial charge in [0.15, 0.2) is 5.75 Å². The Morgan fingerprint density at radius 1 is 1.50 bits per heavy atom. The number of hydrogen-bond donors (Lipinski definition) is 3. The van der Waals surface area contributed by atoms with Crippen molar-refractivity contribution >= 4 is 18.0 Å². The number of rotatable bonds is 5. The van der Waals surface area contributed by atoms with Gasteiger partial charge in [-0.3, -0.25) is 4.79 Å². The quantitative estimate of drug-likeness (QED) is 0.691. The summed E-state index contributed by atoms with van der Waals surface area (Å²) in [5.41, 5.74) is -1.29. The van der Waals surface area contributed by atoms with Crippen LogP contribution in [0.1, 0.15) is 25.1 Å². The Balaban J connectivity index is 2.20. The Morgan fingerprint density at radius 2 is 2.23 bits per heavy atom. The van der Waals surface area contributed by atoms with Gasteiger partial charge in [0.2, 0.25) is 6.41 Å². The molecule has 0 saturated heterocycles. The van der Waals surface area contributed by atoms with Gasteiger partial charge in [0.25, 0.3) is 0 Å². The van der Waals surface area contributed by atoms with E-state index < -0.39 is 17.0 Å². The first-order chi connectivity index (χ1) is 12.2. The van der Waals surface area contributed by atoms with Gasteiger partial charge in [0.05, 0.1) is 17.3 Å². The normalized spacial score (nSPS) is 20.8. The second-order valence-corrected chi connectivity index (χ2v) is 7.10. The average Bonchev–Trinajstić information content (AvgIpc) is 2.90. The predicted octanol–water partition coefficient (Wildman–Crippen LogP) is 2.09. The molecule has 2 aromatic rings. The molecule has 0 spiro atoms. The van der Waals surface area contributed by atoms with Crippen LogP contribution < -0.4 is 10.1 Å². The number of benzene rings is 1. The van der Waals surface area contributed by atoms with Crippen molar-refractivity contribution in [2.75, 3.05) is 13.2 Å². The number of pyridine rings is 1. The van der Waals surface area contributed by atoms with Crippen molar-refractivity contribution in [1.29, 1.82) is 0 Å². The number of carbonyl (C=O) groups excluding carboxylic acids is 1. The summed E-state index contributed by atoms with van der Waals surface area (Å²) in [7, 11) is 0. The van der Waals surface area contributed by atoms with Gasteiger partial charge in [-0.25, -0.2) is 9.37 Å². The lowest BCUT2D eigenvalue weighted by Crippen LogP contribution is -2.36. The van der Waals surface area contributed by atoms with E-state index in [1.807, 2.05) is 0 Å². The third-order valence-electron chi connectivity index (χ3n) is 4.33. The molecule has 0 bridgehead atoms. The van der Waals surface area contributed by atoms with Crippen molar-refractivity contribution in [2.24, 2.45) is 0 Å². The fraction of sp³-hybridized carbons (Fsp3) is 0.333. The minimum absolute atomic E-state index is 0.0180. The fourth-order valence-corrected chi connectivity index (χ4v) is 3.00. The summed E-state index contributed by atoms with van der Waals surface area (Å²) in [6.07, 6.45) is 0.474. The molecule has 6 nitrogen and oxygen atoms in total. The summed E-state index contributed by atoms with van der Waals surface area (Å²) >= 11 is 5.88. The lowest BCUT2D eigenvalue weighted by Gasteiger charge is -2.25. The first-order valence-corrected chi connectivity index (χ1v) is 8.29. The Labute approximate surface area is 154 Å². The van der Waals surface area contributed by atoms with Crippen molar-refractivity contribution in [1.82, 2.24) is 10.3 Å². The molecule has 1 aliphatic heterocycles. The molecular formula is C18H18ClFN2O4. The summed E-state index contributed by atoms with van der Waals surface area (Å²) in [6, 6.07) is 5.64. The van der Waals surface area contributed by atoms with E-state index in [1.54, 1.807) is 13.0 Å². The summed E-state index contributed by atoms with van der Waals surface area (Å²) in [5.74, 6) is -0.223. The fourth-order valence-electron chi connectivity index (χ4n) is 2.82. The predicted molar refractivity (Wildman–Crippen MR) is 93.3 cm³/mol. The van der Waals surface area contributed by atoms with Crippen LogP contribution in [0.4, 0.5) is 4.39 Å². The van der Waals surface area contributed by atoms with E-state index in [4.69, 9.17) is 16.3 Å². The van der Waals surface area contributed by atoms with E-state index in [2.05, 4.69) is 10.3 Å². The number of fused-ring (bicyclic) bond motifs is 1. The minimum atomic E-state index is -1.49. The zero-order chi connectivity index (χ0) is 19.1. The van der Waals surface area contributed by atoms with E-state index >= 15 is 0 Å². The van der Waals surface area contributed by atoms with Gasteiger partial charge in [-0.2, -0.15) is 0 Å². The molecule has 3 N–H and O–H groups in total. The van der Waals surface area contributed by atoms with Gasteiger partial charge < -0.3 is 20.3 Å². The van der Waals surface area contributed by atoms with Crippen LogP contribution in [-0.2, 0) is 16.0 Å². The molecule has 2 heterocycles. The van der Waals surface area contributed by atoms with Crippen molar-refractivity contribution in [3.8, 4) is 17.0 Å². The summed E-state index contributed by atoms with van der Waals surface area (Å²) in [5, 5.41) is 23.6. The summed E-state index contributed by atoms with van der Waals surface area (Å²) in [6.45, 7) is 3.02. The van der Waals surface area contributed by atoms with Crippen LogP contribution in [0.5, 0.6) is 5.75 Å². The molecule has 8 heteroatoms. The minimum Gasteiger partial charge on any atom is -0.488 e. The number of nitrogens with one attached hydrogen (secondary N) is 1. The van der Waals surface area contributed by atoms with Gasteiger partial charge in [-0.15, -0.1) is 0 Å². The molecule has 1 amide bonds. The van der Waals surface area contributed by atoms with Crippen LogP contribution in [0.15, 0.2) is 24.3 Å². The first-order valence-electron chi connectivity index (χ1n) is 7.92. The van der Waals surface area contributed by atoms with Crippen LogP contribution in [-0.4, -0.2) is 34.8 Å². The first kappa shape index (κ1) is 18.6. The second-order valence-electron chi connectivity index (χ2n) is 6.70. The zero-order valence-electron chi connectivity index (χ0n) is 14.2. The highest BCUT2D eigenvalue weighted by molar-refractivity contribution is 6.31. The van der Waals surface area contributed by atoms with Gasteiger partial charge in [0, 0.05) is 11.1 Å². The standard InChI is InChI=1S/C18H18ClFN2O4/c1-17(24,7-21-9-23)14-6-11-16(26-8-18(11,2)25)15(22-14)10-3-4-13(20)12(19)5-10/h3-6,9,24-25H,7-8H2,1-2H3,(H,21,23). The maximum atomic E-state index is 13.5. The van der Waals surface area contributed by atoms with Crippen molar-refractivity contribution in [2.45, 2.75) is 25.0 Å². The third kappa shape index (κ3) is 3.25. The molecule has 0 saturated carbocycles. The van der Waals surface area contributed by atoms with E-state index in [9.17, 15) is 19.4 Å². The zero-order valence-corrected chi connectivity index (χ0v) is 15.0. The van der Waals surface area contributed by atoms with E-state index in [1.165, 1.54) is 25.1 Å². The Bertz CT molecular complexity index is 871. The smallest absolute Gasteiger partial charge is 0.207 e. The lowest BCUT2D eigenvalue weighted by molar-refractivity contribution is -0.110. The number of hydrogen-bond acceptors (Lipinski definition) is 5. The van der Waals surface area contributed by atoms with Gasteiger partial charge in [-0.05, 0) is 38.1 Å². The lowest BCUT2D eigenvalue weighted by atomic mass is 9.92. The van der Waals surface area contributed by atoms with Crippen LogP contribution >= 0.6 is 11.6 Å².